The van der Waals surface area contributed by atoms with E-state index in [0.29, 0.717) is 13.0 Å². The van der Waals surface area contributed by atoms with E-state index >= 15 is 0 Å². The normalized spacial score (nSPS) is 30.7. The third-order valence-corrected chi connectivity index (χ3v) is 11.2. The van der Waals surface area contributed by atoms with Crippen molar-refractivity contribution in [3.05, 3.63) is 54.6 Å². The Bertz CT molecular complexity index is 1130. The molecule has 3 aliphatic heterocycles. The molecule has 7 atom stereocenters. The average molecular weight is 591 g/mol. The molecule has 1 aromatic rings. The van der Waals surface area contributed by atoms with Crippen LogP contribution in [-0.2, 0) is 14.4 Å². The minimum absolute atomic E-state index is 0.0131. The van der Waals surface area contributed by atoms with E-state index in [1.807, 2.05) is 32.0 Å². The number of hydrogen-bond acceptors (Lipinski definition) is 5. The smallest absolute Gasteiger partial charge is 0.251 e. The van der Waals surface area contributed by atoms with Gasteiger partial charge < -0.3 is 19.8 Å². The number of anilines is 1. The quantitative estimate of drug-likeness (QED) is 0.353. The number of fused-ring (bicyclic) bond motifs is 1. The van der Waals surface area contributed by atoms with Crippen LogP contribution >= 0.6 is 27.7 Å². The summed E-state index contributed by atoms with van der Waals surface area (Å²) < 4.78 is -0.775. The highest BCUT2D eigenvalue weighted by Gasteiger charge is 2.76. The molecule has 1 aromatic carbocycles. The number of alkyl halides is 1. The number of rotatable bonds is 9. The van der Waals surface area contributed by atoms with E-state index in [2.05, 4.69) is 29.1 Å². The summed E-state index contributed by atoms with van der Waals surface area (Å²) in [5.74, 6) is -1.73. The summed E-state index contributed by atoms with van der Waals surface area (Å²) in [7, 11) is 1.72. The van der Waals surface area contributed by atoms with Gasteiger partial charge in [-0.05, 0) is 44.4 Å². The standard InChI is InChI=1S/C28H36BrN3O4S/c1-7-11-30(6)25(34)21-22-26(35)32(18(5)15-33)24(28(22)14-19(29)23(21)37-28)27(36)31(12-8-2)20-13-16(3)9-10-17(20)4/h7-10,13,18-19,21-24,33H,1-2,11-12,14-15H2,3-6H3/t18-,19?,21+,22+,23+,24?,28?/m1/s1. The summed E-state index contributed by atoms with van der Waals surface area (Å²) in [6, 6.07) is 4.58. The van der Waals surface area contributed by atoms with Crippen LogP contribution in [0.2, 0.25) is 0 Å². The van der Waals surface area contributed by atoms with Gasteiger partial charge in [0.1, 0.15) is 6.04 Å². The van der Waals surface area contributed by atoms with E-state index in [0.717, 1.165) is 16.8 Å². The number of halogens is 1. The van der Waals surface area contributed by atoms with Crippen LogP contribution in [0.25, 0.3) is 0 Å². The topological polar surface area (TPSA) is 81.2 Å². The van der Waals surface area contributed by atoms with Gasteiger partial charge in [-0.25, -0.2) is 0 Å². The Balaban J connectivity index is 1.84. The molecule has 3 fully saturated rings. The molecule has 2 bridgehead atoms. The van der Waals surface area contributed by atoms with Gasteiger partial charge in [0, 0.05) is 35.9 Å². The van der Waals surface area contributed by atoms with Gasteiger partial charge in [-0.1, -0.05) is 40.2 Å². The molecule has 7 nitrogen and oxygen atoms in total. The van der Waals surface area contributed by atoms with E-state index in [9.17, 15) is 19.5 Å². The minimum Gasteiger partial charge on any atom is -0.394 e. The molecule has 0 aromatic heterocycles. The monoisotopic (exact) mass is 589 g/mol. The van der Waals surface area contributed by atoms with Crippen LogP contribution in [0.15, 0.2) is 43.5 Å². The summed E-state index contributed by atoms with van der Waals surface area (Å²) in [4.78, 5) is 47.2. The zero-order chi connectivity index (χ0) is 27.2. The molecule has 3 unspecified atom stereocenters. The fourth-order valence-electron chi connectivity index (χ4n) is 6.32. The van der Waals surface area contributed by atoms with Gasteiger partial charge in [0.25, 0.3) is 5.91 Å². The third kappa shape index (κ3) is 4.36. The number of aliphatic hydroxyl groups excluding tert-OH is 1. The molecule has 0 aliphatic carbocycles. The number of hydrogen-bond donors (Lipinski definition) is 1. The Morgan fingerprint density at radius 1 is 1.27 bits per heavy atom. The summed E-state index contributed by atoms with van der Waals surface area (Å²) in [6.07, 6.45) is 3.95. The van der Waals surface area contributed by atoms with Crippen molar-refractivity contribution in [2.45, 2.75) is 54.1 Å². The molecular weight excluding hydrogens is 554 g/mol. The van der Waals surface area contributed by atoms with Gasteiger partial charge in [-0.2, -0.15) is 0 Å². The summed E-state index contributed by atoms with van der Waals surface area (Å²) in [5.41, 5.74) is 2.75. The van der Waals surface area contributed by atoms with Crippen molar-refractivity contribution in [1.29, 1.82) is 0 Å². The molecule has 3 heterocycles. The number of likely N-dealkylation sites (tertiary alicyclic amines) is 1. The van der Waals surface area contributed by atoms with Gasteiger partial charge >= 0.3 is 0 Å². The second-order valence-corrected chi connectivity index (χ2v) is 13.2. The molecule has 0 radical (unpaired) electrons. The lowest BCUT2D eigenvalue weighted by Crippen LogP contribution is -2.57. The molecule has 9 heteroatoms. The number of amides is 3. The summed E-state index contributed by atoms with van der Waals surface area (Å²) in [5, 5.41) is 10.0. The predicted molar refractivity (Wildman–Crippen MR) is 152 cm³/mol. The van der Waals surface area contributed by atoms with Gasteiger partial charge in [-0.3, -0.25) is 14.4 Å². The SMILES string of the molecule is C=CCN(C)C(=O)[C@H]1[C@H]2C(=O)N([C@H](C)CO)C(C(=O)N(CC=C)c3cc(C)ccc3C)C23CC(Br)[C@@H]1S3. The predicted octanol–water partition coefficient (Wildman–Crippen LogP) is 3.31. The first-order valence-electron chi connectivity index (χ1n) is 12.6. The van der Waals surface area contributed by atoms with Crippen LogP contribution in [0.3, 0.4) is 0 Å². The van der Waals surface area contributed by atoms with E-state index in [1.54, 1.807) is 52.6 Å². The maximum absolute atomic E-state index is 14.6. The number of benzene rings is 1. The Labute approximate surface area is 232 Å². The number of aliphatic hydroxyl groups is 1. The first-order chi connectivity index (χ1) is 17.5. The van der Waals surface area contributed by atoms with Gasteiger partial charge in [0.05, 0.1) is 29.2 Å². The van der Waals surface area contributed by atoms with Gasteiger partial charge in [0.15, 0.2) is 0 Å². The lowest BCUT2D eigenvalue weighted by molar-refractivity contribution is -0.144. The van der Waals surface area contributed by atoms with Crippen LogP contribution in [-0.4, -0.2) is 86.3 Å². The van der Waals surface area contributed by atoms with E-state index in [1.165, 1.54) is 0 Å². The number of carbonyl (C=O) groups excluding carboxylic acids is 3. The largest absolute Gasteiger partial charge is 0.394 e. The summed E-state index contributed by atoms with van der Waals surface area (Å²) in [6.45, 7) is 13.7. The maximum Gasteiger partial charge on any atom is 0.251 e. The number of aryl methyl sites for hydroxylation is 2. The second kappa shape index (κ2) is 10.6. The van der Waals surface area contributed by atoms with E-state index in [-0.39, 0.29) is 41.0 Å². The van der Waals surface area contributed by atoms with Crippen molar-refractivity contribution in [2.24, 2.45) is 11.8 Å². The van der Waals surface area contributed by atoms with Gasteiger partial charge in [0.2, 0.25) is 11.8 Å². The maximum atomic E-state index is 14.6. The highest BCUT2D eigenvalue weighted by molar-refractivity contribution is 9.09. The highest BCUT2D eigenvalue weighted by atomic mass is 79.9. The van der Waals surface area contributed by atoms with Crippen molar-refractivity contribution < 1.29 is 19.5 Å². The first-order valence-corrected chi connectivity index (χ1v) is 14.4. The molecule has 3 saturated heterocycles. The Kier molecular flexibility index (Phi) is 7.98. The van der Waals surface area contributed by atoms with E-state index < -0.39 is 28.7 Å². The van der Waals surface area contributed by atoms with Crippen LogP contribution in [0.1, 0.15) is 24.5 Å². The Morgan fingerprint density at radius 3 is 2.57 bits per heavy atom. The molecule has 1 N–H and O–H groups in total. The second-order valence-electron chi connectivity index (χ2n) is 10.5. The fraction of sp³-hybridized carbons (Fsp3) is 0.536. The molecule has 4 rings (SSSR count). The highest BCUT2D eigenvalue weighted by Crippen LogP contribution is 2.68. The molecule has 200 valence electrons. The van der Waals surface area contributed by atoms with Crippen LogP contribution < -0.4 is 4.90 Å². The number of nitrogens with zero attached hydrogens (tertiary/aromatic N) is 3. The van der Waals surface area contributed by atoms with E-state index in [4.69, 9.17) is 0 Å². The Morgan fingerprint density at radius 2 is 1.95 bits per heavy atom. The number of carbonyl (C=O) groups is 3. The molecular formula is C28H36BrN3O4S. The van der Waals surface area contributed by atoms with Gasteiger partial charge in [-0.15, -0.1) is 24.9 Å². The van der Waals surface area contributed by atoms with Crippen LogP contribution in [0.5, 0.6) is 0 Å². The molecule has 3 aliphatic rings. The van der Waals surface area contributed by atoms with Crippen molar-refractivity contribution in [3.8, 4) is 0 Å². The van der Waals surface area contributed by atoms with Crippen molar-refractivity contribution in [2.75, 3.05) is 31.6 Å². The number of likely N-dealkylation sites (N-methyl/N-ethyl adjacent to an activating group) is 1. The first kappa shape index (κ1) is 27.9. The lowest BCUT2D eigenvalue weighted by atomic mass is 9.70. The minimum atomic E-state index is -0.815. The van der Waals surface area contributed by atoms with Crippen LogP contribution in [0.4, 0.5) is 5.69 Å². The third-order valence-electron chi connectivity index (χ3n) is 8.00. The molecule has 0 saturated carbocycles. The average Bonchev–Trinajstić information content (AvgIpc) is 3.46. The molecule has 37 heavy (non-hydrogen) atoms. The zero-order valence-corrected chi connectivity index (χ0v) is 24.3. The summed E-state index contributed by atoms with van der Waals surface area (Å²) >= 11 is 5.40. The molecule has 3 amide bonds. The van der Waals surface area contributed by atoms with Crippen molar-refractivity contribution >= 4 is 51.1 Å². The van der Waals surface area contributed by atoms with Crippen LogP contribution in [0, 0.1) is 25.7 Å². The van der Waals surface area contributed by atoms with Crippen molar-refractivity contribution in [1.82, 2.24) is 9.80 Å². The van der Waals surface area contributed by atoms with Crippen molar-refractivity contribution in [3.63, 3.8) is 0 Å². The molecule has 1 spiro atoms. The number of thioether (sulfide) groups is 1. The fourth-order valence-corrected chi connectivity index (χ4v) is 9.91. The Hall–Kier alpha value is -2.10. The lowest BCUT2D eigenvalue weighted by Gasteiger charge is -2.39. The zero-order valence-electron chi connectivity index (χ0n) is 21.9.